The summed E-state index contributed by atoms with van der Waals surface area (Å²) in [6.45, 7) is 0.344. The predicted octanol–water partition coefficient (Wildman–Crippen LogP) is 8.17. The largest absolute Gasteiger partial charge is 0.489 e. The first-order chi connectivity index (χ1) is 29.1. The molecule has 5 aromatic carbocycles. The zero-order valence-corrected chi connectivity index (χ0v) is 33.8. The van der Waals surface area contributed by atoms with E-state index < -0.39 is 30.1 Å². The lowest BCUT2D eigenvalue weighted by Gasteiger charge is -2.38. The first-order valence-corrected chi connectivity index (χ1v) is 19.9. The van der Waals surface area contributed by atoms with E-state index >= 15 is 0 Å². The highest BCUT2D eigenvalue weighted by Gasteiger charge is 2.39. The first kappa shape index (κ1) is 40.1. The van der Waals surface area contributed by atoms with Gasteiger partial charge >= 0.3 is 5.97 Å². The van der Waals surface area contributed by atoms with Gasteiger partial charge < -0.3 is 29.7 Å². The lowest BCUT2D eigenvalue weighted by atomic mass is 9.91. The average Bonchev–Trinajstić information content (AvgIpc) is 3.28. The number of esters is 1. The lowest BCUT2D eigenvalue weighted by molar-refractivity contribution is -0.145. The standard InChI is InChI=1S/C47H38Cl2N4O7/c1-58-47(57)40(22-28-7-10-30(11-8-28)31-17-19-50-20-18-31)52-44(54)41-24-34-23-39-42(25-35(34)26-53(41)46(56)33-5-3-2-4-6-33)60-43(45(55)51-39)32-12-14-36(15-13-32)59-27-29-9-16-37(48)38(49)21-29/h2-21,23,25,40-41,43H,22,24,26-27H2,1H3,(H,51,55)(H,52,54)/t40-,41?,43?/m0/s1. The Bertz CT molecular complexity index is 2560. The molecule has 0 saturated carbocycles. The summed E-state index contributed by atoms with van der Waals surface area (Å²) >= 11 is 12.2. The van der Waals surface area contributed by atoms with Crippen molar-refractivity contribution in [1.29, 1.82) is 0 Å². The number of benzene rings is 5. The summed E-state index contributed by atoms with van der Waals surface area (Å²) in [6.07, 6.45) is 2.76. The van der Waals surface area contributed by atoms with Crippen LogP contribution in [0.4, 0.5) is 5.69 Å². The van der Waals surface area contributed by atoms with Crippen LogP contribution in [0.15, 0.2) is 134 Å². The summed E-state index contributed by atoms with van der Waals surface area (Å²) in [7, 11) is 1.27. The number of nitrogens with zero attached hydrogens (tertiary/aromatic N) is 2. The molecule has 2 N–H and O–H groups in total. The van der Waals surface area contributed by atoms with Crippen LogP contribution in [-0.4, -0.2) is 52.8 Å². The molecule has 0 saturated heterocycles. The Balaban J connectivity index is 1.01. The van der Waals surface area contributed by atoms with E-state index in [1.807, 2.05) is 48.5 Å². The third kappa shape index (κ3) is 8.83. The van der Waals surface area contributed by atoms with Gasteiger partial charge in [-0.1, -0.05) is 83.9 Å². The molecule has 0 spiro atoms. The Morgan fingerprint density at radius 1 is 0.850 bits per heavy atom. The molecule has 13 heteroatoms. The normalized spacial score (nSPS) is 16.0. The Morgan fingerprint density at radius 3 is 2.28 bits per heavy atom. The summed E-state index contributed by atoms with van der Waals surface area (Å²) in [6, 6.07) is 34.1. The van der Waals surface area contributed by atoms with Gasteiger partial charge in [-0.15, -0.1) is 0 Å². The van der Waals surface area contributed by atoms with Crippen molar-refractivity contribution >= 4 is 52.6 Å². The van der Waals surface area contributed by atoms with Crippen LogP contribution in [0.25, 0.3) is 11.1 Å². The average molecular weight is 842 g/mol. The van der Waals surface area contributed by atoms with E-state index in [2.05, 4.69) is 15.6 Å². The molecular formula is C47H38Cl2N4O7. The molecule has 0 fully saturated rings. The lowest BCUT2D eigenvalue weighted by Crippen LogP contribution is -2.56. The number of rotatable bonds is 11. The highest BCUT2D eigenvalue weighted by molar-refractivity contribution is 6.42. The zero-order chi connectivity index (χ0) is 41.8. The minimum Gasteiger partial charge on any atom is -0.489 e. The van der Waals surface area contributed by atoms with Crippen molar-refractivity contribution in [3.05, 3.63) is 177 Å². The molecule has 2 unspecified atom stereocenters. The van der Waals surface area contributed by atoms with Gasteiger partial charge in [-0.3, -0.25) is 19.4 Å². The van der Waals surface area contributed by atoms with Crippen molar-refractivity contribution in [3.63, 3.8) is 0 Å². The Hall–Kier alpha value is -6.69. The van der Waals surface area contributed by atoms with E-state index in [0.717, 1.165) is 33.4 Å². The van der Waals surface area contributed by atoms with Crippen LogP contribution >= 0.6 is 23.2 Å². The number of amides is 3. The zero-order valence-electron chi connectivity index (χ0n) is 32.3. The molecule has 11 nitrogen and oxygen atoms in total. The van der Waals surface area contributed by atoms with Crippen molar-refractivity contribution in [3.8, 4) is 22.6 Å². The molecule has 8 rings (SSSR count). The van der Waals surface area contributed by atoms with Gasteiger partial charge in [0.1, 0.15) is 30.2 Å². The van der Waals surface area contributed by atoms with Crippen LogP contribution in [0, 0.1) is 0 Å². The molecule has 2 aliphatic heterocycles. The van der Waals surface area contributed by atoms with Gasteiger partial charge in [0.25, 0.3) is 11.8 Å². The maximum Gasteiger partial charge on any atom is 0.328 e. The third-order valence-electron chi connectivity index (χ3n) is 10.5. The molecule has 0 aliphatic carbocycles. The van der Waals surface area contributed by atoms with E-state index in [9.17, 15) is 19.2 Å². The van der Waals surface area contributed by atoms with E-state index in [4.69, 9.17) is 37.4 Å². The Morgan fingerprint density at radius 2 is 1.57 bits per heavy atom. The molecule has 2 aliphatic rings. The molecule has 302 valence electrons. The monoisotopic (exact) mass is 840 g/mol. The van der Waals surface area contributed by atoms with E-state index in [0.29, 0.717) is 38.4 Å². The molecule has 6 aromatic rings. The number of anilines is 1. The highest BCUT2D eigenvalue weighted by atomic mass is 35.5. The fourth-order valence-corrected chi connectivity index (χ4v) is 7.68. The number of aromatic nitrogens is 1. The van der Waals surface area contributed by atoms with Crippen molar-refractivity contribution in [2.24, 2.45) is 0 Å². The van der Waals surface area contributed by atoms with Crippen LogP contribution in [-0.2, 0) is 45.1 Å². The van der Waals surface area contributed by atoms with Crippen LogP contribution in [0.1, 0.15) is 44.3 Å². The number of carbonyl (C=O) groups is 4. The second-order valence-electron chi connectivity index (χ2n) is 14.5. The molecule has 3 atom stereocenters. The maximum absolute atomic E-state index is 14.3. The quantitative estimate of drug-likeness (QED) is 0.125. The summed E-state index contributed by atoms with van der Waals surface area (Å²) in [4.78, 5) is 60.6. The number of hydrogen-bond acceptors (Lipinski definition) is 8. The van der Waals surface area contributed by atoms with Crippen molar-refractivity contribution in [1.82, 2.24) is 15.2 Å². The van der Waals surface area contributed by atoms with Crippen LogP contribution in [0.5, 0.6) is 11.5 Å². The SMILES string of the molecule is COC(=O)[C@H](Cc1ccc(-c2ccncc2)cc1)NC(=O)C1Cc2cc3c(cc2CN1C(=O)c1ccccc1)OC(c1ccc(OCc2ccc(Cl)c(Cl)c2)cc1)C(=O)N3. The van der Waals surface area contributed by atoms with E-state index in [1.54, 1.807) is 85.2 Å². The van der Waals surface area contributed by atoms with E-state index in [1.165, 1.54) is 12.0 Å². The van der Waals surface area contributed by atoms with Gasteiger partial charge in [-0.2, -0.15) is 0 Å². The molecular weight excluding hydrogens is 803 g/mol. The van der Waals surface area contributed by atoms with E-state index in [-0.39, 0.29) is 37.8 Å². The number of halogens is 2. The van der Waals surface area contributed by atoms with Crippen LogP contribution in [0.3, 0.4) is 0 Å². The van der Waals surface area contributed by atoms with Crippen molar-refractivity contribution < 1.29 is 33.4 Å². The summed E-state index contributed by atoms with van der Waals surface area (Å²) < 4.78 is 17.3. The van der Waals surface area contributed by atoms with Gasteiger partial charge in [-0.25, -0.2) is 4.79 Å². The second-order valence-corrected chi connectivity index (χ2v) is 15.3. The maximum atomic E-state index is 14.3. The number of fused-ring (bicyclic) bond motifs is 2. The van der Waals surface area contributed by atoms with Crippen molar-refractivity contribution in [2.45, 2.75) is 44.2 Å². The predicted molar refractivity (Wildman–Crippen MR) is 227 cm³/mol. The Kier molecular flexibility index (Phi) is 11.8. The number of carbonyl (C=O) groups excluding carboxylic acids is 4. The number of nitrogens with one attached hydrogen (secondary N) is 2. The number of ether oxygens (including phenoxy) is 3. The van der Waals surface area contributed by atoms with Gasteiger partial charge in [0.05, 0.1) is 22.8 Å². The topological polar surface area (TPSA) is 136 Å². The smallest absolute Gasteiger partial charge is 0.328 e. The number of hydrogen-bond donors (Lipinski definition) is 2. The van der Waals surface area contributed by atoms with Gasteiger partial charge in [0, 0.05) is 42.9 Å². The number of pyridine rings is 1. The summed E-state index contributed by atoms with van der Waals surface area (Å²) in [5.74, 6) is -0.842. The second kappa shape index (κ2) is 17.7. The van der Waals surface area contributed by atoms with Gasteiger partial charge in [0.2, 0.25) is 12.0 Å². The molecule has 1 aromatic heterocycles. The van der Waals surface area contributed by atoms with Gasteiger partial charge in [0.15, 0.2) is 0 Å². The molecule has 60 heavy (non-hydrogen) atoms. The third-order valence-corrected chi connectivity index (χ3v) is 11.3. The Labute approximate surface area is 356 Å². The summed E-state index contributed by atoms with van der Waals surface area (Å²) in [5, 5.41) is 6.76. The molecule has 3 amide bonds. The number of methoxy groups -OCH3 is 1. The first-order valence-electron chi connectivity index (χ1n) is 19.2. The summed E-state index contributed by atoms with van der Waals surface area (Å²) in [5.41, 5.74) is 6.60. The van der Waals surface area contributed by atoms with Crippen LogP contribution in [0.2, 0.25) is 10.0 Å². The minimum absolute atomic E-state index is 0.0701. The van der Waals surface area contributed by atoms with Gasteiger partial charge in [-0.05, 0) is 94.0 Å². The minimum atomic E-state index is -1.03. The fraction of sp³-hybridized carbons (Fsp3) is 0.170. The van der Waals surface area contributed by atoms with Crippen molar-refractivity contribution in [2.75, 3.05) is 12.4 Å². The fourth-order valence-electron chi connectivity index (χ4n) is 7.36. The molecule has 0 radical (unpaired) electrons. The molecule has 0 bridgehead atoms. The van der Waals surface area contributed by atoms with Crippen LogP contribution < -0.4 is 20.1 Å². The molecule has 3 heterocycles. The highest BCUT2D eigenvalue weighted by Crippen LogP contribution is 2.40.